The van der Waals surface area contributed by atoms with E-state index in [1.807, 2.05) is 29.3 Å². The number of carbonyl (C=O) groups is 1. The summed E-state index contributed by atoms with van der Waals surface area (Å²) in [7, 11) is 0. The number of pyridine rings is 1. The van der Waals surface area contributed by atoms with Gasteiger partial charge in [-0.2, -0.15) is 0 Å². The number of fused-ring (bicyclic) bond motifs is 1. The molecule has 2 saturated heterocycles. The fraction of sp³-hybridized carbons (Fsp3) is 0.360. The third-order valence-electron chi connectivity index (χ3n) is 6.73. The number of nitro benzene ring substituents is 1. The summed E-state index contributed by atoms with van der Waals surface area (Å²) in [6.07, 6.45) is 2.72. The molecule has 0 saturated carbocycles. The normalized spacial score (nSPS) is 19.2. The molecular formula is C25H27N5O3. The SMILES string of the molecule is O=C(C1CCN(Cc2ccc([N+](=O)[O-])cc2)C1)N1CCN(c2ccnc3ccccc23)CC1. The molecule has 2 aromatic carbocycles. The number of nitrogens with zero attached hydrogens (tertiary/aromatic N) is 5. The van der Waals surface area contributed by atoms with E-state index in [1.165, 1.54) is 5.69 Å². The van der Waals surface area contributed by atoms with Crippen LogP contribution in [0.1, 0.15) is 12.0 Å². The standard InChI is InChI=1S/C25H27N5O3/c31-25(20-10-12-27(18-20)17-19-5-7-21(8-6-19)30(32)33)29-15-13-28(14-16-29)24-9-11-26-23-4-2-1-3-22(23)24/h1-9,11,20H,10,12-18H2. The van der Waals surface area contributed by atoms with E-state index < -0.39 is 0 Å². The van der Waals surface area contributed by atoms with Crippen LogP contribution in [0.15, 0.2) is 60.8 Å². The van der Waals surface area contributed by atoms with Gasteiger partial charge in [-0.1, -0.05) is 30.3 Å². The minimum Gasteiger partial charge on any atom is -0.367 e. The second-order valence-corrected chi connectivity index (χ2v) is 8.80. The maximum atomic E-state index is 13.2. The van der Waals surface area contributed by atoms with Crippen LogP contribution < -0.4 is 4.90 Å². The molecule has 5 rings (SSSR count). The lowest BCUT2D eigenvalue weighted by Crippen LogP contribution is -2.50. The molecule has 0 radical (unpaired) electrons. The summed E-state index contributed by atoms with van der Waals surface area (Å²) in [6.45, 7) is 5.42. The van der Waals surface area contributed by atoms with Crippen LogP contribution in [0.4, 0.5) is 11.4 Å². The van der Waals surface area contributed by atoms with E-state index in [-0.39, 0.29) is 22.4 Å². The summed E-state index contributed by atoms with van der Waals surface area (Å²) < 4.78 is 0. The number of piperazine rings is 1. The Morgan fingerprint density at radius 3 is 2.52 bits per heavy atom. The zero-order valence-electron chi connectivity index (χ0n) is 18.5. The maximum Gasteiger partial charge on any atom is 0.269 e. The van der Waals surface area contributed by atoms with Gasteiger partial charge in [0.2, 0.25) is 5.91 Å². The van der Waals surface area contributed by atoms with Crippen LogP contribution in [-0.2, 0) is 11.3 Å². The summed E-state index contributed by atoms with van der Waals surface area (Å²) in [5, 5.41) is 12.0. The molecule has 2 fully saturated rings. The average Bonchev–Trinajstić information content (AvgIpc) is 3.32. The van der Waals surface area contributed by atoms with Crippen molar-refractivity contribution in [2.75, 3.05) is 44.2 Å². The Hall–Kier alpha value is -3.52. The van der Waals surface area contributed by atoms with Crippen molar-refractivity contribution in [1.82, 2.24) is 14.8 Å². The van der Waals surface area contributed by atoms with Gasteiger partial charge in [0, 0.05) is 68.7 Å². The first kappa shape index (κ1) is 21.3. The Morgan fingerprint density at radius 2 is 1.76 bits per heavy atom. The minimum atomic E-state index is -0.384. The van der Waals surface area contributed by atoms with Crippen molar-refractivity contribution in [2.45, 2.75) is 13.0 Å². The van der Waals surface area contributed by atoms with E-state index in [4.69, 9.17) is 0 Å². The summed E-state index contributed by atoms with van der Waals surface area (Å²) in [6, 6.07) is 16.9. The number of nitro groups is 1. The molecule has 0 aliphatic carbocycles. The second-order valence-electron chi connectivity index (χ2n) is 8.80. The first-order chi connectivity index (χ1) is 16.1. The molecule has 3 heterocycles. The number of amides is 1. The van der Waals surface area contributed by atoms with Crippen LogP contribution in [0.2, 0.25) is 0 Å². The summed E-state index contributed by atoms with van der Waals surface area (Å²) in [4.78, 5) is 34.7. The van der Waals surface area contributed by atoms with Crippen LogP contribution >= 0.6 is 0 Å². The number of hydrogen-bond donors (Lipinski definition) is 0. The molecule has 2 aliphatic rings. The smallest absolute Gasteiger partial charge is 0.269 e. The van der Waals surface area contributed by atoms with Gasteiger partial charge in [-0.15, -0.1) is 0 Å². The van der Waals surface area contributed by atoms with Crippen LogP contribution in [-0.4, -0.2) is 64.9 Å². The third kappa shape index (κ3) is 4.52. The van der Waals surface area contributed by atoms with E-state index in [2.05, 4.69) is 26.9 Å². The quantitative estimate of drug-likeness (QED) is 0.443. The highest BCUT2D eigenvalue weighted by Crippen LogP contribution is 2.27. The van der Waals surface area contributed by atoms with Crippen molar-refractivity contribution in [3.05, 3.63) is 76.5 Å². The molecule has 1 unspecified atom stereocenters. The monoisotopic (exact) mass is 445 g/mol. The molecule has 170 valence electrons. The number of benzene rings is 2. The van der Waals surface area contributed by atoms with Gasteiger partial charge in [0.05, 0.1) is 16.4 Å². The number of rotatable bonds is 5. The van der Waals surface area contributed by atoms with Crippen LogP contribution in [0, 0.1) is 16.0 Å². The number of non-ortho nitro benzene ring substituents is 1. The summed E-state index contributed by atoms with van der Waals surface area (Å²) >= 11 is 0. The zero-order chi connectivity index (χ0) is 22.8. The Balaban J connectivity index is 1.16. The van der Waals surface area contributed by atoms with Gasteiger partial charge < -0.3 is 9.80 Å². The first-order valence-electron chi connectivity index (χ1n) is 11.4. The highest BCUT2D eigenvalue weighted by Gasteiger charge is 2.33. The highest BCUT2D eigenvalue weighted by molar-refractivity contribution is 5.91. The summed E-state index contributed by atoms with van der Waals surface area (Å²) in [5.74, 6) is 0.275. The summed E-state index contributed by atoms with van der Waals surface area (Å²) in [5.41, 5.74) is 3.31. The Morgan fingerprint density at radius 1 is 1.00 bits per heavy atom. The predicted octanol–water partition coefficient (Wildman–Crippen LogP) is 3.31. The van der Waals surface area contributed by atoms with E-state index in [0.717, 1.165) is 62.2 Å². The van der Waals surface area contributed by atoms with Crippen LogP contribution in [0.5, 0.6) is 0 Å². The Labute approximate surface area is 192 Å². The molecule has 8 heteroatoms. The van der Waals surface area contributed by atoms with Crippen molar-refractivity contribution < 1.29 is 9.72 Å². The molecule has 1 aromatic heterocycles. The number of likely N-dealkylation sites (tertiary alicyclic amines) is 1. The van der Waals surface area contributed by atoms with Crippen molar-refractivity contribution in [3.8, 4) is 0 Å². The topological polar surface area (TPSA) is 82.8 Å². The average molecular weight is 446 g/mol. The number of hydrogen-bond acceptors (Lipinski definition) is 6. The van der Waals surface area contributed by atoms with E-state index in [1.54, 1.807) is 24.3 Å². The van der Waals surface area contributed by atoms with E-state index in [0.29, 0.717) is 6.54 Å². The fourth-order valence-electron chi connectivity index (χ4n) is 4.94. The van der Waals surface area contributed by atoms with Gasteiger partial charge in [-0.3, -0.25) is 24.8 Å². The van der Waals surface area contributed by atoms with Gasteiger partial charge in [-0.25, -0.2) is 0 Å². The molecule has 1 amide bonds. The van der Waals surface area contributed by atoms with E-state index in [9.17, 15) is 14.9 Å². The number of aromatic nitrogens is 1. The van der Waals surface area contributed by atoms with Crippen LogP contribution in [0.3, 0.4) is 0 Å². The van der Waals surface area contributed by atoms with Crippen molar-refractivity contribution in [2.24, 2.45) is 5.92 Å². The Bertz CT molecular complexity index is 1150. The van der Waals surface area contributed by atoms with Gasteiger partial charge in [0.25, 0.3) is 5.69 Å². The lowest BCUT2D eigenvalue weighted by atomic mass is 10.1. The highest BCUT2D eigenvalue weighted by atomic mass is 16.6. The third-order valence-corrected chi connectivity index (χ3v) is 6.73. The molecule has 0 N–H and O–H groups in total. The van der Waals surface area contributed by atoms with Gasteiger partial charge >= 0.3 is 0 Å². The Kier molecular flexibility index (Phi) is 5.92. The largest absolute Gasteiger partial charge is 0.367 e. The van der Waals surface area contributed by atoms with Gasteiger partial charge in [-0.05, 0) is 30.7 Å². The van der Waals surface area contributed by atoms with E-state index >= 15 is 0 Å². The molecule has 2 aliphatic heterocycles. The van der Waals surface area contributed by atoms with Crippen molar-refractivity contribution in [1.29, 1.82) is 0 Å². The number of carbonyl (C=O) groups excluding carboxylic acids is 1. The molecule has 8 nitrogen and oxygen atoms in total. The molecular weight excluding hydrogens is 418 g/mol. The van der Waals surface area contributed by atoms with Crippen molar-refractivity contribution in [3.63, 3.8) is 0 Å². The molecule has 1 atom stereocenters. The lowest BCUT2D eigenvalue weighted by molar-refractivity contribution is -0.384. The lowest BCUT2D eigenvalue weighted by Gasteiger charge is -2.37. The minimum absolute atomic E-state index is 0.0244. The predicted molar refractivity (Wildman–Crippen MR) is 127 cm³/mol. The zero-order valence-corrected chi connectivity index (χ0v) is 18.5. The molecule has 0 bridgehead atoms. The molecule has 3 aromatic rings. The van der Waals surface area contributed by atoms with Gasteiger partial charge in [0.1, 0.15) is 0 Å². The molecule has 33 heavy (non-hydrogen) atoms. The van der Waals surface area contributed by atoms with Crippen LogP contribution in [0.25, 0.3) is 10.9 Å². The van der Waals surface area contributed by atoms with Gasteiger partial charge in [0.15, 0.2) is 0 Å². The molecule has 0 spiro atoms. The maximum absolute atomic E-state index is 13.2. The fourth-order valence-corrected chi connectivity index (χ4v) is 4.94. The van der Waals surface area contributed by atoms with Crippen molar-refractivity contribution >= 4 is 28.2 Å². The number of para-hydroxylation sites is 1. The number of anilines is 1. The second kappa shape index (κ2) is 9.15. The first-order valence-corrected chi connectivity index (χ1v) is 11.4.